The second-order valence-corrected chi connectivity index (χ2v) is 9.85. The van der Waals surface area contributed by atoms with Gasteiger partial charge in [-0.1, -0.05) is 31.6 Å². The molecule has 2 nitrogen and oxygen atoms in total. The number of Topliss-reactive ketones (excluding diaryl/α,β-unsaturated/α-hetero) is 1. The number of allylic oxidation sites excluding steroid dienone is 2. The minimum Gasteiger partial charge on any atom is -0.381 e. The van der Waals surface area contributed by atoms with Crippen LogP contribution in [0.3, 0.4) is 0 Å². The van der Waals surface area contributed by atoms with Crippen LogP contribution in [0.5, 0.6) is 0 Å². The summed E-state index contributed by atoms with van der Waals surface area (Å²) in [5.74, 6) is 3.19. The lowest BCUT2D eigenvalue weighted by molar-refractivity contribution is -0.131. The number of carbonyl (C=O) groups excluding carboxylic acids is 1. The second-order valence-electron chi connectivity index (χ2n) is 9.58. The molecule has 4 aliphatic rings. The summed E-state index contributed by atoms with van der Waals surface area (Å²) in [5, 5.41) is 9.99. The predicted octanol–water partition coefficient (Wildman–Crippen LogP) is 4.90. The number of hydrogen-bond donors (Lipinski definition) is 1. The number of aliphatic hydroxyl groups excluding tert-OH is 1. The van der Waals surface area contributed by atoms with Gasteiger partial charge in [-0.15, -0.1) is 11.6 Å². The van der Waals surface area contributed by atoms with Crippen molar-refractivity contribution in [3.8, 4) is 0 Å². The Balaban J connectivity index is 1.65. The Bertz CT molecular complexity index is 638. The van der Waals surface area contributed by atoms with E-state index in [1.54, 1.807) is 0 Å². The van der Waals surface area contributed by atoms with E-state index in [9.17, 15) is 9.90 Å². The SMILES string of the molecule is C=C(CCl)[C@H]1CC[C@H]2[C@@H]3CCC4=CC(O)C(=O)C[C@]4(C)[C@H]3CC[C@]12C. The van der Waals surface area contributed by atoms with Gasteiger partial charge in [-0.2, -0.15) is 0 Å². The van der Waals surface area contributed by atoms with Crippen molar-refractivity contribution >= 4 is 17.4 Å². The summed E-state index contributed by atoms with van der Waals surface area (Å²) in [6.45, 7) is 9.06. The lowest BCUT2D eigenvalue weighted by Crippen LogP contribution is -2.52. The summed E-state index contributed by atoms with van der Waals surface area (Å²) in [4.78, 5) is 12.3. The fourth-order valence-corrected chi connectivity index (χ4v) is 7.55. The van der Waals surface area contributed by atoms with Crippen LogP contribution in [0.2, 0.25) is 0 Å². The van der Waals surface area contributed by atoms with Gasteiger partial charge in [-0.3, -0.25) is 4.79 Å². The maximum Gasteiger partial charge on any atom is 0.166 e. The van der Waals surface area contributed by atoms with E-state index in [-0.39, 0.29) is 11.2 Å². The number of halogens is 1. The molecule has 7 atom stereocenters. The third kappa shape index (κ3) is 2.43. The highest BCUT2D eigenvalue weighted by molar-refractivity contribution is 6.19. The van der Waals surface area contributed by atoms with Crippen LogP contribution in [-0.2, 0) is 4.79 Å². The molecule has 0 heterocycles. The van der Waals surface area contributed by atoms with Crippen LogP contribution >= 0.6 is 11.6 Å². The molecule has 4 aliphatic carbocycles. The standard InChI is InChI=1S/C22H31ClO2/c1-13(12-23)16-6-7-17-15-5-4-14-10-19(24)20(25)11-22(14,3)18(15)8-9-21(16,17)2/h10,15-19,24H,1,4-9,11-12H2,2-3H3/t15-,16+,17-,18-,19?,21+,22-/m0/s1. The predicted molar refractivity (Wildman–Crippen MR) is 101 cm³/mol. The van der Waals surface area contributed by atoms with Gasteiger partial charge in [0, 0.05) is 12.3 Å². The summed E-state index contributed by atoms with van der Waals surface area (Å²) in [6.07, 6.45) is 8.74. The van der Waals surface area contributed by atoms with E-state index in [1.165, 1.54) is 43.3 Å². The van der Waals surface area contributed by atoms with Crippen molar-refractivity contribution in [3.05, 3.63) is 23.8 Å². The molecule has 0 saturated heterocycles. The molecule has 0 bridgehead atoms. The Hall–Kier alpha value is -0.600. The number of hydrogen-bond acceptors (Lipinski definition) is 2. The van der Waals surface area contributed by atoms with E-state index in [1.807, 2.05) is 6.08 Å². The highest BCUT2D eigenvalue weighted by atomic mass is 35.5. The van der Waals surface area contributed by atoms with E-state index in [0.29, 0.717) is 35.5 Å². The summed E-state index contributed by atoms with van der Waals surface area (Å²) in [5.41, 5.74) is 2.89. The first-order chi connectivity index (χ1) is 11.8. The average molecular weight is 363 g/mol. The van der Waals surface area contributed by atoms with Crippen molar-refractivity contribution in [2.24, 2.45) is 34.5 Å². The molecule has 0 aromatic rings. The molecule has 0 radical (unpaired) electrons. The van der Waals surface area contributed by atoms with Gasteiger partial charge >= 0.3 is 0 Å². The zero-order valence-corrected chi connectivity index (χ0v) is 16.3. The fraction of sp³-hybridized carbons (Fsp3) is 0.773. The minimum atomic E-state index is -0.864. The molecule has 138 valence electrons. The minimum absolute atomic E-state index is 0.0139. The van der Waals surface area contributed by atoms with E-state index < -0.39 is 6.10 Å². The van der Waals surface area contributed by atoms with Gasteiger partial charge in [0.1, 0.15) is 6.10 Å². The van der Waals surface area contributed by atoms with Crippen molar-refractivity contribution in [1.82, 2.24) is 0 Å². The molecule has 3 fully saturated rings. The second kappa shape index (κ2) is 5.96. The molecule has 3 saturated carbocycles. The van der Waals surface area contributed by atoms with Gasteiger partial charge in [0.05, 0.1) is 0 Å². The number of carbonyl (C=O) groups is 1. The largest absolute Gasteiger partial charge is 0.381 e. The Morgan fingerprint density at radius 2 is 2.04 bits per heavy atom. The molecule has 4 rings (SSSR count). The number of ketones is 1. The van der Waals surface area contributed by atoms with E-state index in [4.69, 9.17) is 11.6 Å². The summed E-state index contributed by atoms with van der Waals surface area (Å²) in [6, 6.07) is 0. The normalized spacial score (nSPS) is 49.0. The molecule has 3 heteroatoms. The van der Waals surface area contributed by atoms with E-state index in [0.717, 1.165) is 12.3 Å². The zero-order chi connectivity index (χ0) is 18.0. The zero-order valence-electron chi connectivity index (χ0n) is 15.6. The molecular formula is C22H31ClO2. The quantitative estimate of drug-likeness (QED) is 0.560. The Kier molecular flexibility index (Phi) is 4.24. The molecule has 0 amide bonds. The molecule has 0 aliphatic heterocycles. The van der Waals surface area contributed by atoms with Gasteiger partial charge < -0.3 is 5.11 Å². The highest BCUT2D eigenvalue weighted by Gasteiger charge is 2.59. The summed E-state index contributed by atoms with van der Waals surface area (Å²) >= 11 is 6.14. The van der Waals surface area contributed by atoms with Crippen LogP contribution in [-0.4, -0.2) is 22.9 Å². The van der Waals surface area contributed by atoms with Crippen molar-refractivity contribution in [1.29, 1.82) is 0 Å². The third-order valence-corrected chi connectivity index (χ3v) is 8.97. The van der Waals surface area contributed by atoms with Crippen LogP contribution in [0.15, 0.2) is 23.8 Å². The maximum absolute atomic E-state index is 12.3. The first-order valence-corrected chi connectivity index (χ1v) is 10.5. The summed E-state index contributed by atoms with van der Waals surface area (Å²) < 4.78 is 0. The molecule has 0 aromatic carbocycles. The highest BCUT2D eigenvalue weighted by Crippen LogP contribution is 2.67. The molecule has 0 spiro atoms. The average Bonchev–Trinajstić information content (AvgIpc) is 2.93. The lowest BCUT2D eigenvalue weighted by Gasteiger charge is -2.58. The molecule has 0 aromatic heterocycles. The Labute approximate surface area is 156 Å². The van der Waals surface area contributed by atoms with Crippen LogP contribution < -0.4 is 0 Å². The monoisotopic (exact) mass is 362 g/mol. The summed E-state index contributed by atoms with van der Waals surface area (Å²) in [7, 11) is 0. The van der Waals surface area contributed by atoms with E-state index >= 15 is 0 Å². The van der Waals surface area contributed by atoms with Crippen LogP contribution in [0, 0.1) is 34.5 Å². The smallest absolute Gasteiger partial charge is 0.166 e. The number of fused-ring (bicyclic) bond motifs is 5. The molecule has 1 unspecified atom stereocenters. The van der Waals surface area contributed by atoms with E-state index in [2.05, 4.69) is 20.4 Å². The van der Waals surface area contributed by atoms with Gasteiger partial charge in [0.2, 0.25) is 0 Å². The van der Waals surface area contributed by atoms with Gasteiger partial charge in [-0.25, -0.2) is 0 Å². The van der Waals surface area contributed by atoms with Gasteiger partial charge in [0.15, 0.2) is 5.78 Å². The molecule has 1 N–H and O–H groups in total. The van der Waals surface area contributed by atoms with Crippen molar-refractivity contribution in [2.75, 3.05) is 5.88 Å². The molecular weight excluding hydrogens is 332 g/mol. The van der Waals surface area contributed by atoms with Crippen LogP contribution in [0.1, 0.15) is 58.8 Å². The maximum atomic E-state index is 12.3. The van der Waals surface area contributed by atoms with Crippen LogP contribution in [0.25, 0.3) is 0 Å². The number of aliphatic hydroxyl groups is 1. The van der Waals surface area contributed by atoms with Crippen molar-refractivity contribution in [2.45, 2.75) is 64.9 Å². The molecule has 25 heavy (non-hydrogen) atoms. The van der Waals surface area contributed by atoms with Crippen molar-refractivity contribution in [3.63, 3.8) is 0 Å². The van der Waals surface area contributed by atoms with Gasteiger partial charge in [-0.05, 0) is 79.1 Å². The topological polar surface area (TPSA) is 37.3 Å². The number of alkyl halides is 1. The Morgan fingerprint density at radius 3 is 2.76 bits per heavy atom. The van der Waals surface area contributed by atoms with Crippen molar-refractivity contribution < 1.29 is 9.90 Å². The van der Waals surface area contributed by atoms with Gasteiger partial charge in [0.25, 0.3) is 0 Å². The van der Waals surface area contributed by atoms with Crippen LogP contribution in [0.4, 0.5) is 0 Å². The lowest BCUT2D eigenvalue weighted by atomic mass is 9.46. The third-order valence-electron chi connectivity index (χ3n) is 8.63. The fourth-order valence-electron chi connectivity index (χ4n) is 7.36. The number of rotatable bonds is 2. The first-order valence-electron chi connectivity index (χ1n) is 9.97. The first kappa shape index (κ1) is 17.8. The Morgan fingerprint density at radius 1 is 1.28 bits per heavy atom.